The summed E-state index contributed by atoms with van der Waals surface area (Å²) in [6, 6.07) is 9.36. The molecular weight excluding hydrogens is 502 g/mol. The van der Waals surface area contributed by atoms with E-state index >= 15 is 0 Å². The van der Waals surface area contributed by atoms with Gasteiger partial charge in [-0.3, -0.25) is 19.8 Å². The molecule has 186 valence electrons. The number of halogens is 1. The molecule has 0 spiro atoms. The molecule has 0 bridgehead atoms. The van der Waals surface area contributed by atoms with E-state index in [2.05, 4.69) is 67.0 Å². The smallest absolute Gasteiger partial charge is 0.143 e. The van der Waals surface area contributed by atoms with Crippen molar-refractivity contribution in [3.63, 3.8) is 0 Å². The molecule has 6 nitrogen and oxygen atoms in total. The minimum Gasteiger partial charge on any atom is -0.505 e. The highest BCUT2D eigenvalue weighted by atomic mass is 79.9. The normalized spacial score (nSPS) is 21.9. The second-order valence-corrected chi connectivity index (χ2v) is 11.2. The van der Waals surface area contributed by atoms with Crippen LogP contribution in [0.5, 0.6) is 5.75 Å². The SMILES string of the molecule is CC1CCCCN1Cc1cc(CN2CCCCC2C)c(O)c(Nc2ccnc3cc(Br)cnc23)c1. The topological polar surface area (TPSA) is 64.5 Å². The van der Waals surface area contributed by atoms with Crippen molar-refractivity contribution in [2.24, 2.45) is 0 Å². The Bertz CT molecular complexity index is 1190. The minimum atomic E-state index is 0.334. The van der Waals surface area contributed by atoms with Gasteiger partial charge in [-0.15, -0.1) is 0 Å². The molecule has 5 rings (SSSR count). The van der Waals surface area contributed by atoms with Crippen LogP contribution in [0.1, 0.15) is 63.5 Å². The molecule has 0 aliphatic carbocycles. The quantitative estimate of drug-likeness (QED) is 0.345. The summed E-state index contributed by atoms with van der Waals surface area (Å²) in [4.78, 5) is 14.1. The van der Waals surface area contributed by atoms with Gasteiger partial charge in [0, 0.05) is 47.6 Å². The third kappa shape index (κ3) is 5.63. The van der Waals surface area contributed by atoms with Crippen LogP contribution >= 0.6 is 15.9 Å². The summed E-state index contributed by atoms with van der Waals surface area (Å²) in [5.41, 5.74) is 5.42. The van der Waals surface area contributed by atoms with Crippen molar-refractivity contribution in [1.82, 2.24) is 19.8 Å². The first-order valence-corrected chi connectivity index (χ1v) is 13.8. The number of aromatic nitrogens is 2. The number of benzene rings is 1. The van der Waals surface area contributed by atoms with Crippen molar-refractivity contribution >= 4 is 38.3 Å². The molecule has 35 heavy (non-hydrogen) atoms. The van der Waals surface area contributed by atoms with E-state index in [0.29, 0.717) is 17.8 Å². The largest absolute Gasteiger partial charge is 0.505 e. The van der Waals surface area contributed by atoms with Gasteiger partial charge in [-0.2, -0.15) is 0 Å². The molecule has 2 atom stereocenters. The third-order valence-electron chi connectivity index (χ3n) is 7.70. The average molecular weight is 539 g/mol. The maximum atomic E-state index is 11.4. The zero-order chi connectivity index (χ0) is 24.4. The molecule has 7 heteroatoms. The average Bonchev–Trinajstić information content (AvgIpc) is 2.84. The number of pyridine rings is 2. The van der Waals surface area contributed by atoms with Crippen molar-refractivity contribution in [1.29, 1.82) is 0 Å². The Morgan fingerprint density at radius 3 is 2.37 bits per heavy atom. The van der Waals surface area contributed by atoms with Gasteiger partial charge in [0.25, 0.3) is 0 Å². The molecule has 2 unspecified atom stereocenters. The minimum absolute atomic E-state index is 0.334. The van der Waals surface area contributed by atoms with E-state index < -0.39 is 0 Å². The zero-order valence-corrected chi connectivity index (χ0v) is 22.4. The number of hydrogen-bond donors (Lipinski definition) is 2. The number of likely N-dealkylation sites (tertiary alicyclic amines) is 2. The van der Waals surface area contributed by atoms with Crippen molar-refractivity contribution in [3.8, 4) is 5.75 Å². The highest BCUT2D eigenvalue weighted by molar-refractivity contribution is 9.10. The van der Waals surface area contributed by atoms with Crippen LogP contribution in [-0.4, -0.2) is 50.0 Å². The van der Waals surface area contributed by atoms with E-state index in [9.17, 15) is 5.11 Å². The van der Waals surface area contributed by atoms with Gasteiger partial charge < -0.3 is 10.4 Å². The van der Waals surface area contributed by atoms with Crippen LogP contribution in [0.4, 0.5) is 11.4 Å². The van der Waals surface area contributed by atoms with Crippen LogP contribution in [0.2, 0.25) is 0 Å². The van der Waals surface area contributed by atoms with Crippen LogP contribution in [0.3, 0.4) is 0 Å². The summed E-state index contributed by atoms with van der Waals surface area (Å²) in [5.74, 6) is 0.334. The number of aromatic hydroxyl groups is 1. The first-order chi connectivity index (χ1) is 17.0. The molecule has 2 N–H and O–H groups in total. The maximum absolute atomic E-state index is 11.4. The van der Waals surface area contributed by atoms with Gasteiger partial charge in [0.1, 0.15) is 11.3 Å². The van der Waals surface area contributed by atoms with Crippen molar-refractivity contribution in [3.05, 3.63) is 52.3 Å². The monoisotopic (exact) mass is 537 g/mol. The number of anilines is 2. The van der Waals surface area contributed by atoms with Crippen LogP contribution < -0.4 is 5.32 Å². The lowest BCUT2D eigenvalue weighted by atomic mass is 9.99. The third-order valence-corrected chi connectivity index (χ3v) is 8.14. The maximum Gasteiger partial charge on any atom is 0.143 e. The van der Waals surface area contributed by atoms with Gasteiger partial charge in [0.05, 0.1) is 16.9 Å². The number of fused-ring (bicyclic) bond motifs is 1. The summed E-state index contributed by atoms with van der Waals surface area (Å²) < 4.78 is 0.896. The van der Waals surface area contributed by atoms with Gasteiger partial charge in [-0.05, 0) is 98.4 Å². The summed E-state index contributed by atoms with van der Waals surface area (Å²) in [5, 5.41) is 14.9. The van der Waals surface area contributed by atoms with Gasteiger partial charge in [-0.25, -0.2) is 0 Å². The van der Waals surface area contributed by atoms with Gasteiger partial charge >= 0.3 is 0 Å². The number of nitrogens with one attached hydrogen (secondary N) is 1. The second-order valence-electron chi connectivity index (χ2n) is 10.3. The zero-order valence-electron chi connectivity index (χ0n) is 20.8. The molecule has 3 aromatic rings. The fraction of sp³-hybridized carbons (Fsp3) is 0.500. The Hall–Kier alpha value is -2.22. The standard InChI is InChI=1S/C28H36BrN5O/c1-19-7-3-5-11-33(19)17-21-13-22(18-34-12-6-4-8-20(34)2)28(35)26(14-21)32-24-9-10-30-25-15-23(29)16-31-27(24)25/h9-10,13-16,19-20,35H,3-8,11-12,17-18H2,1-2H3,(H,30,32). The van der Waals surface area contributed by atoms with E-state index in [-0.39, 0.29) is 0 Å². The number of phenols is 1. The summed E-state index contributed by atoms with van der Waals surface area (Å²) in [6.07, 6.45) is 11.1. The molecule has 4 heterocycles. The van der Waals surface area contributed by atoms with E-state index in [4.69, 9.17) is 0 Å². The first-order valence-electron chi connectivity index (χ1n) is 13.0. The summed E-state index contributed by atoms with van der Waals surface area (Å²) >= 11 is 3.49. The van der Waals surface area contributed by atoms with Crippen molar-refractivity contribution in [2.75, 3.05) is 18.4 Å². The fourth-order valence-corrected chi connectivity index (χ4v) is 5.88. The summed E-state index contributed by atoms with van der Waals surface area (Å²) in [6.45, 7) is 8.54. The van der Waals surface area contributed by atoms with E-state index in [1.54, 1.807) is 12.4 Å². The number of hydrogen-bond acceptors (Lipinski definition) is 6. The molecule has 2 fully saturated rings. The lowest BCUT2D eigenvalue weighted by Crippen LogP contribution is -2.37. The number of nitrogens with zero attached hydrogens (tertiary/aromatic N) is 4. The molecule has 2 aliphatic heterocycles. The highest BCUT2D eigenvalue weighted by Crippen LogP contribution is 2.36. The Labute approximate surface area is 216 Å². The van der Waals surface area contributed by atoms with Crippen LogP contribution in [0, 0.1) is 0 Å². The molecule has 0 radical (unpaired) electrons. The van der Waals surface area contributed by atoms with Crippen LogP contribution in [0.15, 0.2) is 41.1 Å². The molecule has 2 aromatic heterocycles. The lowest BCUT2D eigenvalue weighted by Gasteiger charge is -2.35. The highest BCUT2D eigenvalue weighted by Gasteiger charge is 2.23. The Balaban J connectivity index is 1.50. The van der Waals surface area contributed by atoms with Gasteiger partial charge in [0.2, 0.25) is 0 Å². The molecule has 0 saturated carbocycles. The predicted molar refractivity (Wildman–Crippen MR) is 146 cm³/mol. The number of rotatable bonds is 6. The number of piperidine rings is 2. The Morgan fingerprint density at radius 1 is 0.943 bits per heavy atom. The summed E-state index contributed by atoms with van der Waals surface area (Å²) in [7, 11) is 0. The molecule has 2 saturated heterocycles. The van der Waals surface area contributed by atoms with Gasteiger partial charge in [-0.1, -0.05) is 12.8 Å². The fourth-order valence-electron chi connectivity index (χ4n) is 5.56. The molecule has 2 aliphatic rings. The van der Waals surface area contributed by atoms with E-state index in [1.807, 2.05) is 12.1 Å². The second kappa shape index (κ2) is 10.8. The van der Waals surface area contributed by atoms with Gasteiger partial charge in [0.15, 0.2) is 0 Å². The predicted octanol–water partition coefficient (Wildman–Crippen LogP) is 6.59. The van der Waals surface area contributed by atoms with E-state index in [1.165, 1.54) is 44.1 Å². The molecular formula is C28H36BrN5O. The Kier molecular flexibility index (Phi) is 7.56. The van der Waals surface area contributed by atoms with Crippen molar-refractivity contribution in [2.45, 2.75) is 77.5 Å². The molecule has 0 amide bonds. The Morgan fingerprint density at radius 2 is 1.66 bits per heavy atom. The van der Waals surface area contributed by atoms with Crippen molar-refractivity contribution < 1.29 is 5.11 Å². The first kappa shape index (κ1) is 24.5. The number of phenolic OH excluding ortho intramolecular Hbond substituents is 1. The van der Waals surface area contributed by atoms with E-state index in [0.717, 1.165) is 58.6 Å². The lowest BCUT2D eigenvalue weighted by molar-refractivity contribution is 0.149. The van der Waals surface area contributed by atoms with Crippen LogP contribution in [0.25, 0.3) is 11.0 Å². The van der Waals surface area contributed by atoms with Crippen LogP contribution in [-0.2, 0) is 13.1 Å². The molecule has 1 aromatic carbocycles.